The zero-order valence-corrected chi connectivity index (χ0v) is 7.76. The minimum atomic E-state index is 0.567. The van der Waals surface area contributed by atoms with E-state index in [1.54, 1.807) is 13.0 Å². The molecule has 0 fully saturated rings. The van der Waals surface area contributed by atoms with Crippen LogP contribution in [0.4, 0.5) is 0 Å². The van der Waals surface area contributed by atoms with Crippen molar-refractivity contribution in [1.82, 2.24) is 0 Å². The Kier molecular flexibility index (Phi) is 2.71. The van der Waals surface area contributed by atoms with Crippen molar-refractivity contribution >= 4 is 17.3 Å². The summed E-state index contributed by atoms with van der Waals surface area (Å²) in [6.45, 7) is 3.65. The fourth-order valence-electron chi connectivity index (χ4n) is 0.876. The summed E-state index contributed by atoms with van der Waals surface area (Å²) in [5.74, 6) is 0. The lowest BCUT2D eigenvalue weighted by Gasteiger charge is -2.01. The molecule has 0 aliphatic rings. The molecule has 0 unspecified atom stereocenters. The lowest BCUT2D eigenvalue weighted by molar-refractivity contribution is 0.319. The molecular formula is C9H10ClNO. The third kappa shape index (κ3) is 1.77. The minimum Gasteiger partial charge on any atom is -0.411 e. The van der Waals surface area contributed by atoms with E-state index >= 15 is 0 Å². The molecule has 64 valence electrons. The molecule has 0 aliphatic heterocycles. The Morgan fingerprint density at radius 2 is 2.17 bits per heavy atom. The van der Waals surface area contributed by atoms with Gasteiger partial charge in [-0.25, -0.2) is 0 Å². The SMILES string of the molecule is CC(=NO)c1ccc(C)c(Cl)c1. The second-order valence-electron chi connectivity index (χ2n) is 2.65. The first kappa shape index (κ1) is 9.07. The maximum atomic E-state index is 8.49. The van der Waals surface area contributed by atoms with Gasteiger partial charge in [0.05, 0.1) is 5.71 Å². The number of aryl methyl sites for hydroxylation is 1. The lowest BCUT2D eigenvalue weighted by Crippen LogP contribution is -1.94. The Balaban J connectivity index is 3.13. The molecule has 1 aromatic rings. The molecular weight excluding hydrogens is 174 g/mol. The predicted molar refractivity (Wildman–Crippen MR) is 50.2 cm³/mol. The van der Waals surface area contributed by atoms with E-state index in [2.05, 4.69) is 5.16 Å². The molecule has 0 radical (unpaired) electrons. The van der Waals surface area contributed by atoms with Gasteiger partial charge in [-0.05, 0) is 25.5 Å². The maximum Gasteiger partial charge on any atom is 0.0837 e. The smallest absolute Gasteiger partial charge is 0.0837 e. The summed E-state index contributed by atoms with van der Waals surface area (Å²) in [4.78, 5) is 0. The summed E-state index contributed by atoms with van der Waals surface area (Å²) >= 11 is 5.88. The Morgan fingerprint density at radius 1 is 1.50 bits per heavy atom. The minimum absolute atomic E-state index is 0.567. The van der Waals surface area contributed by atoms with Crippen LogP contribution < -0.4 is 0 Å². The van der Waals surface area contributed by atoms with Gasteiger partial charge in [0.15, 0.2) is 0 Å². The maximum absolute atomic E-state index is 8.49. The molecule has 0 bridgehead atoms. The van der Waals surface area contributed by atoms with Crippen molar-refractivity contribution in [2.75, 3.05) is 0 Å². The molecule has 0 saturated heterocycles. The normalized spacial score (nSPS) is 11.8. The number of hydrogen-bond acceptors (Lipinski definition) is 2. The van der Waals surface area contributed by atoms with E-state index in [4.69, 9.17) is 16.8 Å². The van der Waals surface area contributed by atoms with E-state index in [9.17, 15) is 0 Å². The quantitative estimate of drug-likeness (QED) is 0.405. The third-order valence-electron chi connectivity index (χ3n) is 1.74. The summed E-state index contributed by atoms with van der Waals surface area (Å²) in [6.07, 6.45) is 0. The van der Waals surface area contributed by atoms with Crippen LogP contribution in [0.15, 0.2) is 23.4 Å². The van der Waals surface area contributed by atoms with Crippen molar-refractivity contribution in [2.24, 2.45) is 5.16 Å². The van der Waals surface area contributed by atoms with Crippen LogP contribution in [-0.4, -0.2) is 10.9 Å². The fourth-order valence-corrected chi connectivity index (χ4v) is 1.06. The molecule has 0 aliphatic carbocycles. The van der Waals surface area contributed by atoms with Crippen molar-refractivity contribution in [3.63, 3.8) is 0 Å². The molecule has 12 heavy (non-hydrogen) atoms. The van der Waals surface area contributed by atoms with Crippen molar-refractivity contribution in [2.45, 2.75) is 13.8 Å². The second-order valence-corrected chi connectivity index (χ2v) is 3.06. The molecule has 2 nitrogen and oxygen atoms in total. The van der Waals surface area contributed by atoms with Crippen LogP contribution in [0.25, 0.3) is 0 Å². The Bertz CT molecular complexity index is 320. The lowest BCUT2D eigenvalue weighted by atomic mass is 10.1. The highest BCUT2D eigenvalue weighted by atomic mass is 35.5. The molecule has 0 atom stereocenters. The number of nitrogens with zero attached hydrogens (tertiary/aromatic N) is 1. The van der Waals surface area contributed by atoms with E-state index in [0.29, 0.717) is 10.7 Å². The molecule has 0 heterocycles. The van der Waals surface area contributed by atoms with Crippen molar-refractivity contribution in [1.29, 1.82) is 0 Å². The molecule has 1 rings (SSSR count). The largest absolute Gasteiger partial charge is 0.411 e. The molecule has 1 N–H and O–H groups in total. The van der Waals surface area contributed by atoms with Gasteiger partial charge < -0.3 is 5.21 Å². The fraction of sp³-hybridized carbons (Fsp3) is 0.222. The summed E-state index contributed by atoms with van der Waals surface area (Å²) in [5, 5.41) is 12.3. The summed E-state index contributed by atoms with van der Waals surface area (Å²) in [6, 6.07) is 5.55. The molecule has 3 heteroatoms. The summed E-state index contributed by atoms with van der Waals surface area (Å²) < 4.78 is 0. The number of hydrogen-bond donors (Lipinski definition) is 1. The Morgan fingerprint density at radius 3 is 2.67 bits per heavy atom. The zero-order valence-electron chi connectivity index (χ0n) is 7.00. The first-order chi connectivity index (χ1) is 5.65. The van der Waals surface area contributed by atoms with E-state index < -0.39 is 0 Å². The van der Waals surface area contributed by atoms with Crippen LogP contribution in [-0.2, 0) is 0 Å². The van der Waals surface area contributed by atoms with Gasteiger partial charge in [0.1, 0.15) is 0 Å². The van der Waals surface area contributed by atoms with E-state index in [0.717, 1.165) is 11.1 Å². The highest BCUT2D eigenvalue weighted by molar-refractivity contribution is 6.31. The highest BCUT2D eigenvalue weighted by Gasteiger charge is 2.00. The van der Waals surface area contributed by atoms with Crippen molar-refractivity contribution in [3.8, 4) is 0 Å². The van der Waals surface area contributed by atoms with Gasteiger partial charge in [0.25, 0.3) is 0 Å². The average Bonchev–Trinajstić information content (AvgIpc) is 2.08. The van der Waals surface area contributed by atoms with E-state index in [1.807, 2.05) is 19.1 Å². The molecule has 0 amide bonds. The zero-order chi connectivity index (χ0) is 9.14. The monoisotopic (exact) mass is 183 g/mol. The molecule has 0 spiro atoms. The third-order valence-corrected chi connectivity index (χ3v) is 2.15. The Hall–Kier alpha value is -1.02. The van der Waals surface area contributed by atoms with Crippen molar-refractivity contribution < 1.29 is 5.21 Å². The number of rotatable bonds is 1. The molecule has 0 aromatic heterocycles. The van der Waals surface area contributed by atoms with Gasteiger partial charge in [-0.1, -0.05) is 28.9 Å². The number of halogens is 1. The van der Waals surface area contributed by atoms with Gasteiger partial charge >= 0.3 is 0 Å². The average molecular weight is 184 g/mol. The van der Waals surface area contributed by atoms with E-state index in [-0.39, 0.29) is 0 Å². The first-order valence-electron chi connectivity index (χ1n) is 3.60. The predicted octanol–water partition coefficient (Wildman–Crippen LogP) is 2.85. The first-order valence-corrected chi connectivity index (χ1v) is 3.98. The van der Waals surface area contributed by atoms with Gasteiger partial charge in [0.2, 0.25) is 0 Å². The van der Waals surface area contributed by atoms with Crippen LogP contribution in [0.3, 0.4) is 0 Å². The van der Waals surface area contributed by atoms with Gasteiger partial charge in [-0.2, -0.15) is 0 Å². The van der Waals surface area contributed by atoms with Gasteiger partial charge in [0, 0.05) is 10.6 Å². The number of oxime groups is 1. The van der Waals surface area contributed by atoms with Crippen LogP contribution in [0.5, 0.6) is 0 Å². The highest BCUT2D eigenvalue weighted by Crippen LogP contribution is 2.16. The van der Waals surface area contributed by atoms with Gasteiger partial charge in [-0.3, -0.25) is 0 Å². The molecule has 0 saturated carbocycles. The molecule has 1 aromatic carbocycles. The van der Waals surface area contributed by atoms with Crippen LogP contribution >= 0.6 is 11.6 Å². The Labute approximate surface area is 76.5 Å². The van der Waals surface area contributed by atoms with Crippen molar-refractivity contribution in [3.05, 3.63) is 34.3 Å². The standard InChI is InChI=1S/C9H10ClNO/c1-6-3-4-8(5-9(6)10)7(2)11-12/h3-5,12H,1-2H3. The topological polar surface area (TPSA) is 32.6 Å². The summed E-state index contributed by atoms with van der Waals surface area (Å²) in [5.41, 5.74) is 2.43. The number of benzene rings is 1. The summed E-state index contributed by atoms with van der Waals surface area (Å²) in [7, 11) is 0. The van der Waals surface area contributed by atoms with Crippen LogP contribution in [0.1, 0.15) is 18.1 Å². The van der Waals surface area contributed by atoms with Crippen LogP contribution in [0.2, 0.25) is 5.02 Å². The van der Waals surface area contributed by atoms with E-state index in [1.165, 1.54) is 0 Å². The van der Waals surface area contributed by atoms with Crippen LogP contribution in [0, 0.1) is 6.92 Å². The van der Waals surface area contributed by atoms with Gasteiger partial charge in [-0.15, -0.1) is 0 Å². The second kappa shape index (κ2) is 3.59.